The normalized spacial score (nSPS) is 17.9. The van der Waals surface area contributed by atoms with Gasteiger partial charge in [0.05, 0.1) is 0 Å². The molecule has 0 aliphatic carbocycles. The summed E-state index contributed by atoms with van der Waals surface area (Å²) in [6, 6.07) is 11.4. The van der Waals surface area contributed by atoms with Gasteiger partial charge in [0.2, 0.25) is 5.76 Å². The summed E-state index contributed by atoms with van der Waals surface area (Å²) >= 11 is 0. The second-order valence-corrected chi connectivity index (χ2v) is 4.74. The Morgan fingerprint density at radius 1 is 1.35 bits per heavy atom. The number of aromatic nitrogens is 1. The first-order chi connectivity index (χ1) is 9.24. The Hall–Kier alpha value is -1.85. The SMILES string of the molecule is Cl.N[C@@H]1CCN(C(=O)c2cc(-c3ccccc3)no2)C1. The number of nitrogens with zero attached hydrogens (tertiary/aromatic N) is 2. The van der Waals surface area contributed by atoms with Gasteiger partial charge in [-0.2, -0.15) is 0 Å². The molecule has 1 aromatic carbocycles. The third-order valence-electron chi connectivity index (χ3n) is 3.30. The summed E-state index contributed by atoms with van der Waals surface area (Å²) in [5.74, 6) is 0.135. The van der Waals surface area contributed by atoms with Crippen molar-refractivity contribution in [2.24, 2.45) is 5.73 Å². The average Bonchev–Trinajstić information content (AvgIpc) is 3.08. The molecule has 1 aliphatic heterocycles. The van der Waals surface area contributed by atoms with Gasteiger partial charge in [-0.25, -0.2) is 0 Å². The highest BCUT2D eigenvalue weighted by Gasteiger charge is 2.27. The van der Waals surface area contributed by atoms with Crippen LogP contribution in [-0.4, -0.2) is 35.1 Å². The van der Waals surface area contributed by atoms with E-state index in [4.69, 9.17) is 10.3 Å². The Kier molecular flexibility index (Phi) is 4.42. The zero-order chi connectivity index (χ0) is 13.2. The summed E-state index contributed by atoms with van der Waals surface area (Å²) in [6.45, 7) is 1.27. The van der Waals surface area contributed by atoms with Crippen LogP contribution in [0.1, 0.15) is 17.0 Å². The molecule has 0 radical (unpaired) electrons. The maximum atomic E-state index is 12.2. The van der Waals surface area contributed by atoms with Crippen LogP contribution in [0.3, 0.4) is 0 Å². The maximum absolute atomic E-state index is 12.2. The molecule has 20 heavy (non-hydrogen) atoms. The third-order valence-corrected chi connectivity index (χ3v) is 3.30. The smallest absolute Gasteiger partial charge is 0.292 e. The number of amides is 1. The number of carbonyl (C=O) groups is 1. The minimum atomic E-state index is -0.136. The van der Waals surface area contributed by atoms with Gasteiger partial charge in [0.15, 0.2) is 0 Å². The molecule has 5 nitrogen and oxygen atoms in total. The molecule has 3 rings (SSSR count). The van der Waals surface area contributed by atoms with Crippen LogP contribution >= 0.6 is 12.4 Å². The van der Waals surface area contributed by atoms with Crippen molar-refractivity contribution in [3.63, 3.8) is 0 Å². The molecule has 1 saturated heterocycles. The number of benzene rings is 1. The Balaban J connectivity index is 0.00000147. The minimum absolute atomic E-state index is 0. The van der Waals surface area contributed by atoms with Crippen molar-refractivity contribution in [3.8, 4) is 11.3 Å². The predicted molar refractivity (Wildman–Crippen MR) is 77.7 cm³/mol. The van der Waals surface area contributed by atoms with Gasteiger partial charge in [-0.1, -0.05) is 35.5 Å². The molecule has 0 spiro atoms. The molecular weight excluding hydrogens is 278 g/mol. The standard InChI is InChI=1S/C14H15N3O2.ClH/c15-11-6-7-17(9-11)14(18)13-8-12(16-19-13)10-4-2-1-3-5-10;/h1-5,8,11H,6-7,9,15H2;1H/t11-;/m1./s1. The highest BCUT2D eigenvalue weighted by molar-refractivity contribution is 5.92. The fourth-order valence-corrected chi connectivity index (χ4v) is 2.25. The number of nitrogens with two attached hydrogens (primary N) is 1. The first-order valence-corrected chi connectivity index (χ1v) is 6.31. The van der Waals surface area contributed by atoms with Crippen molar-refractivity contribution in [2.75, 3.05) is 13.1 Å². The number of rotatable bonds is 2. The summed E-state index contributed by atoms with van der Waals surface area (Å²) in [5.41, 5.74) is 7.40. The van der Waals surface area contributed by atoms with Crippen LogP contribution in [-0.2, 0) is 0 Å². The lowest BCUT2D eigenvalue weighted by Crippen LogP contribution is -2.31. The Labute approximate surface area is 123 Å². The topological polar surface area (TPSA) is 72.4 Å². The second-order valence-electron chi connectivity index (χ2n) is 4.74. The largest absolute Gasteiger partial charge is 0.350 e. The van der Waals surface area contributed by atoms with Crippen molar-refractivity contribution in [2.45, 2.75) is 12.5 Å². The maximum Gasteiger partial charge on any atom is 0.292 e. The van der Waals surface area contributed by atoms with Crippen LogP contribution in [0.2, 0.25) is 0 Å². The molecule has 0 saturated carbocycles. The molecule has 0 bridgehead atoms. The van der Waals surface area contributed by atoms with E-state index in [1.165, 1.54) is 0 Å². The molecule has 2 N–H and O–H groups in total. The Morgan fingerprint density at radius 2 is 2.10 bits per heavy atom. The predicted octanol–water partition coefficient (Wildman–Crippen LogP) is 1.94. The fraction of sp³-hybridized carbons (Fsp3) is 0.286. The quantitative estimate of drug-likeness (QED) is 0.918. The van der Waals surface area contributed by atoms with E-state index in [-0.39, 0.29) is 30.1 Å². The second kappa shape index (κ2) is 6.07. The molecule has 1 atom stereocenters. The van der Waals surface area contributed by atoms with Crippen molar-refractivity contribution in [1.82, 2.24) is 10.1 Å². The lowest BCUT2D eigenvalue weighted by Gasteiger charge is -2.12. The first kappa shape index (κ1) is 14.6. The van der Waals surface area contributed by atoms with E-state index in [1.54, 1.807) is 11.0 Å². The van der Waals surface area contributed by atoms with E-state index < -0.39 is 0 Å². The summed E-state index contributed by atoms with van der Waals surface area (Å²) < 4.78 is 5.15. The van der Waals surface area contributed by atoms with Gasteiger partial charge in [-0.3, -0.25) is 4.79 Å². The summed E-state index contributed by atoms with van der Waals surface area (Å²) in [5, 5.41) is 3.94. The zero-order valence-corrected chi connectivity index (χ0v) is 11.7. The van der Waals surface area contributed by atoms with Crippen LogP contribution < -0.4 is 5.73 Å². The van der Waals surface area contributed by atoms with E-state index in [1.807, 2.05) is 30.3 Å². The minimum Gasteiger partial charge on any atom is -0.350 e. The van der Waals surface area contributed by atoms with Crippen LogP contribution in [0.25, 0.3) is 11.3 Å². The molecule has 1 aromatic heterocycles. The monoisotopic (exact) mass is 293 g/mol. The van der Waals surface area contributed by atoms with Gasteiger partial charge >= 0.3 is 0 Å². The van der Waals surface area contributed by atoms with Crippen LogP contribution in [0, 0.1) is 0 Å². The fourth-order valence-electron chi connectivity index (χ4n) is 2.25. The highest BCUT2D eigenvalue weighted by atomic mass is 35.5. The molecule has 2 heterocycles. The van der Waals surface area contributed by atoms with Gasteiger partial charge in [0.25, 0.3) is 5.91 Å². The van der Waals surface area contributed by atoms with Crippen molar-refractivity contribution in [1.29, 1.82) is 0 Å². The van der Waals surface area contributed by atoms with Crippen molar-refractivity contribution in [3.05, 3.63) is 42.2 Å². The van der Waals surface area contributed by atoms with Gasteiger partial charge in [-0.15, -0.1) is 12.4 Å². The van der Waals surface area contributed by atoms with E-state index in [2.05, 4.69) is 5.16 Å². The van der Waals surface area contributed by atoms with E-state index in [0.29, 0.717) is 18.8 Å². The van der Waals surface area contributed by atoms with Gasteiger partial charge in [0, 0.05) is 30.8 Å². The molecule has 1 aliphatic rings. The van der Waals surface area contributed by atoms with Crippen molar-refractivity contribution < 1.29 is 9.32 Å². The summed E-state index contributed by atoms with van der Waals surface area (Å²) in [4.78, 5) is 13.9. The number of likely N-dealkylation sites (tertiary alicyclic amines) is 1. The van der Waals surface area contributed by atoms with Gasteiger partial charge < -0.3 is 15.2 Å². The van der Waals surface area contributed by atoms with E-state index in [9.17, 15) is 4.79 Å². The molecule has 0 unspecified atom stereocenters. The Bertz CT molecular complexity index is 585. The molecule has 1 fully saturated rings. The molecule has 1 amide bonds. The summed E-state index contributed by atoms with van der Waals surface area (Å²) in [7, 11) is 0. The van der Waals surface area contributed by atoms with Crippen LogP contribution in [0.5, 0.6) is 0 Å². The molecule has 2 aromatic rings. The third kappa shape index (κ3) is 2.84. The van der Waals surface area contributed by atoms with E-state index in [0.717, 1.165) is 12.0 Å². The highest BCUT2D eigenvalue weighted by Crippen LogP contribution is 2.20. The van der Waals surface area contributed by atoms with Gasteiger partial charge in [-0.05, 0) is 6.42 Å². The number of hydrogen-bond donors (Lipinski definition) is 1. The number of carbonyl (C=O) groups excluding carboxylic acids is 1. The summed E-state index contributed by atoms with van der Waals surface area (Å²) in [6.07, 6.45) is 0.839. The number of hydrogen-bond acceptors (Lipinski definition) is 4. The number of halogens is 1. The van der Waals surface area contributed by atoms with Crippen LogP contribution in [0.15, 0.2) is 40.9 Å². The molecular formula is C14H16ClN3O2. The lowest BCUT2D eigenvalue weighted by molar-refractivity contribution is 0.0749. The van der Waals surface area contributed by atoms with Crippen molar-refractivity contribution >= 4 is 18.3 Å². The zero-order valence-electron chi connectivity index (χ0n) is 10.9. The first-order valence-electron chi connectivity index (χ1n) is 6.31. The molecule has 6 heteroatoms. The molecule has 106 valence electrons. The van der Waals surface area contributed by atoms with Crippen LogP contribution in [0.4, 0.5) is 0 Å². The average molecular weight is 294 g/mol. The lowest BCUT2D eigenvalue weighted by atomic mass is 10.1. The van der Waals surface area contributed by atoms with Gasteiger partial charge in [0.1, 0.15) is 5.69 Å². The Morgan fingerprint density at radius 3 is 2.75 bits per heavy atom. The van der Waals surface area contributed by atoms with E-state index >= 15 is 0 Å².